The Kier molecular flexibility index (Phi) is 14.4. The number of pyridine rings is 1. The summed E-state index contributed by atoms with van der Waals surface area (Å²) >= 11 is 0. The van der Waals surface area contributed by atoms with Gasteiger partial charge in [0.15, 0.2) is 12.6 Å². The fraction of sp³-hybridized carbons (Fsp3) is 0.580. The highest BCUT2D eigenvalue weighted by molar-refractivity contribution is 6.90. The number of aromatic nitrogens is 3. The van der Waals surface area contributed by atoms with Crippen molar-refractivity contribution in [3.8, 4) is 34.5 Å². The lowest BCUT2D eigenvalue weighted by Gasteiger charge is -2.41. The third-order valence-electron chi connectivity index (χ3n) is 14.8. The zero-order chi connectivity index (χ0) is 47.8. The molecule has 0 aliphatic carbocycles. The van der Waals surface area contributed by atoms with Gasteiger partial charge < -0.3 is 28.6 Å². The van der Waals surface area contributed by atoms with Crippen molar-refractivity contribution in [1.29, 1.82) is 0 Å². The molecule has 67 heavy (non-hydrogen) atoms. The largest absolute Gasteiger partial charge is 0.468 e. The summed E-state index contributed by atoms with van der Waals surface area (Å²) in [6.45, 7) is 16.8. The van der Waals surface area contributed by atoms with Gasteiger partial charge in [0.2, 0.25) is 0 Å². The lowest BCUT2D eigenvalue weighted by atomic mass is 9.95. The molecule has 0 spiro atoms. The van der Waals surface area contributed by atoms with Crippen molar-refractivity contribution in [1.82, 2.24) is 24.8 Å². The summed E-state index contributed by atoms with van der Waals surface area (Å²) in [5.41, 5.74) is 4.19. The smallest absolute Gasteiger partial charge is 0.319 e. The molecule has 2 bridgehead atoms. The van der Waals surface area contributed by atoms with Crippen molar-refractivity contribution < 1.29 is 46.4 Å². The first-order chi connectivity index (χ1) is 32.0. The SMILES string of the molecule is COC(=O)CN1[C@@H]2CC[C@H]1CN(c1nc(OC[C@@]34CCCN3C[C@H](F)C4)nc3c(F)c(-c4cc(OCOCCOC(C)=O)cc5ccc(F)c(C#C[Si](C(C)C)(C(C)C)C(C)C)c45)ncc13)C2. The molecule has 4 fully saturated rings. The van der Waals surface area contributed by atoms with Crippen LogP contribution in [0.5, 0.6) is 11.8 Å². The number of hydrogen-bond acceptors (Lipinski definition) is 13. The van der Waals surface area contributed by atoms with Crippen LogP contribution in [0.15, 0.2) is 30.5 Å². The Hall–Kier alpha value is -5.02. The number of piperazine rings is 1. The average Bonchev–Trinajstić information content (AvgIpc) is 3.88. The molecule has 360 valence electrons. The molecule has 4 aromatic rings. The van der Waals surface area contributed by atoms with Crippen molar-refractivity contribution in [2.24, 2.45) is 0 Å². The van der Waals surface area contributed by atoms with Crippen molar-refractivity contribution in [3.05, 3.63) is 47.7 Å². The number of ether oxygens (including phenoxy) is 5. The summed E-state index contributed by atoms with van der Waals surface area (Å²) < 4.78 is 77.3. The van der Waals surface area contributed by atoms with E-state index in [1.54, 1.807) is 24.4 Å². The van der Waals surface area contributed by atoms with Crippen LogP contribution >= 0.6 is 0 Å². The van der Waals surface area contributed by atoms with E-state index >= 15 is 8.78 Å². The first kappa shape index (κ1) is 48.4. The first-order valence-electron chi connectivity index (χ1n) is 23.6. The van der Waals surface area contributed by atoms with Gasteiger partial charge in [-0.2, -0.15) is 9.97 Å². The van der Waals surface area contributed by atoms with Crippen LogP contribution < -0.4 is 14.4 Å². The van der Waals surface area contributed by atoms with Gasteiger partial charge in [-0.05, 0) is 72.4 Å². The second-order valence-electron chi connectivity index (χ2n) is 19.6. The summed E-state index contributed by atoms with van der Waals surface area (Å²) in [7, 11) is -0.983. The minimum absolute atomic E-state index is 0.0216. The van der Waals surface area contributed by atoms with E-state index in [4.69, 9.17) is 38.6 Å². The molecule has 0 unspecified atom stereocenters. The average molecular weight is 945 g/mol. The van der Waals surface area contributed by atoms with Crippen LogP contribution in [0.1, 0.15) is 86.1 Å². The van der Waals surface area contributed by atoms with Gasteiger partial charge in [-0.15, -0.1) is 5.54 Å². The molecule has 4 atom stereocenters. The Bertz CT molecular complexity index is 2540. The molecule has 6 heterocycles. The topological polar surface area (TPSA) is 129 Å². The second kappa shape index (κ2) is 19.9. The standard InChI is InChI=1S/C50H63F3N6O7Si/c1-30(2)67(31(3)4,32(5)6)19-14-39-42(52)13-10-34-20-38(66-29-63-17-18-64-33(7)60)21-40(44(34)39)46-45(53)47-41(23-54-46)48(57-25-36-11-12-37(26-57)59(36)27-43(61)62-8)56-49(55-47)65-28-50-15-9-16-58(50)24-35(51)22-50/h10,13,20-21,23,30-32,35-37H,9,11-12,15-18,22,24-29H2,1-8H3/t35-,36-,37+,50+/m1/s1. The maximum Gasteiger partial charge on any atom is 0.319 e. The van der Waals surface area contributed by atoms with Gasteiger partial charge >= 0.3 is 17.9 Å². The quantitative estimate of drug-likeness (QED) is 0.0351. The van der Waals surface area contributed by atoms with Crippen molar-refractivity contribution >= 4 is 47.5 Å². The molecule has 4 aliphatic heterocycles. The summed E-state index contributed by atoms with van der Waals surface area (Å²) in [5.74, 6) is 2.00. The summed E-state index contributed by atoms with van der Waals surface area (Å²) in [6.07, 6.45) is 4.33. The molecule has 0 saturated carbocycles. The Morgan fingerprint density at radius 3 is 2.39 bits per heavy atom. The monoisotopic (exact) mass is 944 g/mol. The van der Waals surface area contributed by atoms with Crippen LogP contribution in [0.25, 0.3) is 32.9 Å². The Balaban J connectivity index is 1.27. The van der Waals surface area contributed by atoms with E-state index in [1.165, 1.54) is 20.1 Å². The van der Waals surface area contributed by atoms with Crippen LogP contribution in [0.2, 0.25) is 16.6 Å². The lowest BCUT2D eigenvalue weighted by Crippen LogP contribution is -2.55. The number of anilines is 1. The van der Waals surface area contributed by atoms with Crippen LogP contribution in [-0.4, -0.2) is 135 Å². The number of nitrogens with zero attached hydrogens (tertiary/aromatic N) is 6. The molecule has 0 radical (unpaired) electrons. The number of hydrogen-bond donors (Lipinski definition) is 0. The zero-order valence-electron chi connectivity index (χ0n) is 39.9. The number of fused-ring (bicyclic) bond motifs is 5. The number of carbonyl (C=O) groups excluding carboxylic acids is 2. The molecule has 2 aromatic carbocycles. The summed E-state index contributed by atoms with van der Waals surface area (Å²) in [6, 6.07) is 6.31. The van der Waals surface area contributed by atoms with Gasteiger partial charge in [0, 0.05) is 62.2 Å². The highest BCUT2D eigenvalue weighted by Crippen LogP contribution is 2.44. The molecule has 0 N–H and O–H groups in total. The Morgan fingerprint density at radius 2 is 1.70 bits per heavy atom. The summed E-state index contributed by atoms with van der Waals surface area (Å²) in [4.78, 5) is 44.5. The van der Waals surface area contributed by atoms with E-state index in [0.29, 0.717) is 53.8 Å². The van der Waals surface area contributed by atoms with Crippen LogP contribution in [-0.2, 0) is 23.8 Å². The third kappa shape index (κ3) is 9.56. The first-order valence-corrected chi connectivity index (χ1v) is 25.9. The molecule has 17 heteroatoms. The van der Waals surface area contributed by atoms with Gasteiger partial charge in [0.05, 0.1) is 36.8 Å². The number of methoxy groups -OCH3 is 1. The number of alkyl halides is 1. The van der Waals surface area contributed by atoms with Crippen LogP contribution in [0.4, 0.5) is 19.0 Å². The Labute approximate surface area is 392 Å². The van der Waals surface area contributed by atoms with Gasteiger partial charge in [-0.1, -0.05) is 53.5 Å². The number of rotatable bonds is 16. The molecule has 2 aromatic heterocycles. The molecule has 4 aliphatic rings. The van der Waals surface area contributed by atoms with Gasteiger partial charge in [-0.3, -0.25) is 24.4 Å². The highest BCUT2D eigenvalue weighted by atomic mass is 28.3. The second-order valence-corrected chi connectivity index (χ2v) is 25.1. The normalized spacial score (nSPS) is 21.9. The fourth-order valence-electron chi connectivity index (χ4n) is 11.6. The minimum Gasteiger partial charge on any atom is -0.468 e. The molecular weight excluding hydrogens is 882 g/mol. The van der Waals surface area contributed by atoms with Crippen LogP contribution in [0.3, 0.4) is 0 Å². The third-order valence-corrected chi connectivity index (χ3v) is 21.0. The predicted octanol–water partition coefficient (Wildman–Crippen LogP) is 8.39. The predicted molar refractivity (Wildman–Crippen MR) is 252 cm³/mol. The van der Waals surface area contributed by atoms with Crippen molar-refractivity contribution in [2.75, 3.05) is 71.3 Å². The number of halogens is 3. The van der Waals surface area contributed by atoms with Gasteiger partial charge in [0.25, 0.3) is 0 Å². The maximum absolute atomic E-state index is 18.0. The van der Waals surface area contributed by atoms with Gasteiger partial charge in [-0.25, -0.2) is 13.2 Å². The molecule has 8 rings (SSSR count). The fourth-order valence-corrected chi connectivity index (χ4v) is 16.8. The molecule has 0 amide bonds. The summed E-state index contributed by atoms with van der Waals surface area (Å²) in [5, 5.41) is 1.26. The van der Waals surface area contributed by atoms with Crippen molar-refractivity contribution in [2.45, 2.75) is 121 Å². The zero-order valence-corrected chi connectivity index (χ0v) is 40.9. The molecule has 13 nitrogen and oxygen atoms in total. The number of carbonyl (C=O) groups is 2. The minimum atomic E-state index is -2.37. The highest BCUT2D eigenvalue weighted by Gasteiger charge is 2.50. The number of esters is 2. The van der Waals surface area contributed by atoms with E-state index in [9.17, 15) is 14.0 Å². The maximum atomic E-state index is 18.0. The lowest BCUT2D eigenvalue weighted by molar-refractivity contribution is -0.144. The van der Waals surface area contributed by atoms with E-state index < -0.39 is 37.4 Å². The van der Waals surface area contributed by atoms with Crippen molar-refractivity contribution in [3.63, 3.8) is 0 Å². The Morgan fingerprint density at radius 1 is 0.970 bits per heavy atom. The van der Waals surface area contributed by atoms with E-state index in [1.807, 2.05) is 0 Å². The van der Waals surface area contributed by atoms with E-state index in [-0.39, 0.29) is 96.2 Å². The van der Waals surface area contributed by atoms with E-state index in [0.717, 1.165) is 32.2 Å². The molecule has 4 saturated heterocycles. The number of benzene rings is 2. The molecular formula is C50H63F3N6O7Si. The van der Waals surface area contributed by atoms with E-state index in [2.05, 4.69) is 67.7 Å². The van der Waals surface area contributed by atoms with Crippen LogP contribution in [0, 0.1) is 23.1 Å². The van der Waals surface area contributed by atoms with Gasteiger partial charge in [0.1, 0.15) is 56.1 Å².